The van der Waals surface area contributed by atoms with Crippen LogP contribution in [0.2, 0.25) is 5.02 Å². The molecule has 0 spiro atoms. The summed E-state index contributed by atoms with van der Waals surface area (Å²) >= 11 is 6.00. The van der Waals surface area contributed by atoms with Crippen LogP contribution in [0.5, 0.6) is 11.5 Å². The van der Waals surface area contributed by atoms with E-state index in [2.05, 4.69) is 4.98 Å². The third-order valence-electron chi connectivity index (χ3n) is 3.28. The number of hydrogen-bond donors (Lipinski definition) is 1. The number of nitrogens with zero attached hydrogens (tertiary/aromatic N) is 2. The van der Waals surface area contributed by atoms with Gasteiger partial charge in [-0.2, -0.15) is 0 Å². The first-order valence-electron chi connectivity index (χ1n) is 6.05. The maximum atomic E-state index is 6.00. The number of pyridine rings is 1. The average molecular weight is 288 g/mol. The van der Waals surface area contributed by atoms with Crippen LogP contribution in [0.4, 0.5) is 5.69 Å². The molecule has 100 valence electrons. The van der Waals surface area contributed by atoms with Crippen molar-refractivity contribution < 1.29 is 9.47 Å². The average Bonchev–Trinajstić information content (AvgIpc) is 3.08. The van der Waals surface area contributed by atoms with Gasteiger partial charge in [0.25, 0.3) is 0 Å². The molecule has 1 aromatic carbocycles. The number of benzene rings is 1. The van der Waals surface area contributed by atoms with Crippen LogP contribution >= 0.6 is 11.6 Å². The number of halogens is 1. The number of aromatic nitrogens is 2. The molecule has 20 heavy (non-hydrogen) atoms. The molecule has 2 aromatic heterocycles. The first kappa shape index (κ1) is 11.4. The van der Waals surface area contributed by atoms with Gasteiger partial charge in [-0.1, -0.05) is 11.6 Å². The second kappa shape index (κ2) is 4.05. The molecule has 0 radical (unpaired) electrons. The first-order chi connectivity index (χ1) is 9.72. The summed E-state index contributed by atoms with van der Waals surface area (Å²) in [5, 5.41) is 0.500. The molecule has 0 aliphatic carbocycles. The number of fused-ring (bicyclic) bond motifs is 2. The van der Waals surface area contributed by atoms with Gasteiger partial charge in [0.15, 0.2) is 17.1 Å². The molecule has 1 aliphatic heterocycles. The summed E-state index contributed by atoms with van der Waals surface area (Å²) in [5.41, 5.74) is 8.80. The monoisotopic (exact) mass is 287 g/mol. The van der Waals surface area contributed by atoms with E-state index in [1.165, 1.54) is 0 Å². The number of nitrogen functional groups attached to an aromatic ring is 1. The number of rotatable bonds is 1. The lowest BCUT2D eigenvalue weighted by Gasteiger charge is -1.99. The van der Waals surface area contributed by atoms with Crippen LogP contribution < -0.4 is 15.2 Å². The minimum atomic E-state index is 0.256. The zero-order chi connectivity index (χ0) is 13.7. The second-order valence-corrected chi connectivity index (χ2v) is 4.91. The highest BCUT2D eigenvalue weighted by Crippen LogP contribution is 2.36. The minimum absolute atomic E-state index is 0.256. The van der Waals surface area contributed by atoms with Gasteiger partial charge in [-0.15, -0.1) is 0 Å². The van der Waals surface area contributed by atoms with Crippen LogP contribution in [0.25, 0.3) is 16.9 Å². The molecule has 1 aliphatic rings. The highest BCUT2D eigenvalue weighted by atomic mass is 35.5. The Bertz CT molecular complexity index is 829. The van der Waals surface area contributed by atoms with E-state index >= 15 is 0 Å². The zero-order valence-corrected chi connectivity index (χ0v) is 11.1. The van der Waals surface area contributed by atoms with E-state index in [9.17, 15) is 0 Å². The van der Waals surface area contributed by atoms with Crippen molar-refractivity contribution in [2.75, 3.05) is 12.5 Å². The fourth-order valence-electron chi connectivity index (χ4n) is 2.24. The molecule has 2 N–H and O–H groups in total. The predicted molar refractivity (Wildman–Crippen MR) is 76.2 cm³/mol. The normalized spacial score (nSPS) is 13.1. The standard InChI is InChI=1S/C14H10ClN3O2/c15-9-3-4-18-6-10(17-14(18)13(9)16)8-1-2-11-12(5-8)20-7-19-11/h1-6H,7,16H2. The molecule has 0 fully saturated rings. The predicted octanol–water partition coefficient (Wildman–Crippen LogP) is 2.97. The summed E-state index contributed by atoms with van der Waals surface area (Å²) in [4.78, 5) is 4.53. The Labute approximate surface area is 119 Å². The summed E-state index contributed by atoms with van der Waals surface area (Å²) in [6.07, 6.45) is 3.73. The van der Waals surface area contributed by atoms with Crippen molar-refractivity contribution in [1.29, 1.82) is 0 Å². The van der Waals surface area contributed by atoms with Crippen molar-refractivity contribution in [2.45, 2.75) is 0 Å². The second-order valence-electron chi connectivity index (χ2n) is 4.50. The van der Waals surface area contributed by atoms with Gasteiger partial charge in [0, 0.05) is 18.0 Å². The Balaban J connectivity index is 1.88. The summed E-state index contributed by atoms with van der Waals surface area (Å²) in [6, 6.07) is 7.46. The molecule has 4 rings (SSSR count). The maximum absolute atomic E-state index is 6.00. The molecule has 0 unspecified atom stereocenters. The van der Waals surface area contributed by atoms with E-state index in [0.29, 0.717) is 16.4 Å². The third-order valence-corrected chi connectivity index (χ3v) is 3.61. The van der Waals surface area contributed by atoms with Crippen LogP contribution in [0, 0.1) is 0 Å². The highest BCUT2D eigenvalue weighted by Gasteiger charge is 2.15. The van der Waals surface area contributed by atoms with E-state index in [4.69, 9.17) is 26.8 Å². The Hall–Kier alpha value is -2.40. The van der Waals surface area contributed by atoms with Gasteiger partial charge in [-0.05, 0) is 24.3 Å². The summed E-state index contributed by atoms with van der Waals surface area (Å²) in [7, 11) is 0. The Morgan fingerprint density at radius 3 is 2.95 bits per heavy atom. The number of hydrogen-bond acceptors (Lipinski definition) is 4. The molecule has 0 bridgehead atoms. The quantitative estimate of drug-likeness (QED) is 0.747. The molecule has 0 amide bonds. The van der Waals surface area contributed by atoms with Crippen molar-refractivity contribution in [2.24, 2.45) is 0 Å². The lowest BCUT2D eigenvalue weighted by Crippen LogP contribution is -1.92. The number of ether oxygens (including phenoxy) is 2. The maximum Gasteiger partial charge on any atom is 0.231 e. The topological polar surface area (TPSA) is 61.8 Å². The van der Waals surface area contributed by atoms with E-state index < -0.39 is 0 Å². The van der Waals surface area contributed by atoms with Crippen LogP contribution in [0.15, 0.2) is 36.7 Å². The number of nitrogens with two attached hydrogens (primary N) is 1. The molecular formula is C14H10ClN3O2. The van der Waals surface area contributed by atoms with Crippen LogP contribution in [0.3, 0.4) is 0 Å². The van der Waals surface area contributed by atoms with E-state index in [0.717, 1.165) is 22.8 Å². The van der Waals surface area contributed by atoms with Crippen LogP contribution in [-0.4, -0.2) is 16.2 Å². The Morgan fingerprint density at radius 1 is 1.20 bits per heavy atom. The SMILES string of the molecule is Nc1c(Cl)ccn2cc(-c3ccc4c(c3)OCO4)nc12. The highest BCUT2D eigenvalue weighted by molar-refractivity contribution is 6.33. The van der Waals surface area contributed by atoms with E-state index in [-0.39, 0.29) is 6.79 Å². The number of anilines is 1. The van der Waals surface area contributed by atoms with Gasteiger partial charge in [0.05, 0.1) is 16.4 Å². The molecule has 0 atom stereocenters. The van der Waals surface area contributed by atoms with Crippen molar-refractivity contribution in [1.82, 2.24) is 9.38 Å². The van der Waals surface area contributed by atoms with Crippen molar-refractivity contribution in [3.05, 3.63) is 41.7 Å². The van der Waals surface area contributed by atoms with E-state index in [1.807, 2.05) is 35.0 Å². The molecular weight excluding hydrogens is 278 g/mol. The van der Waals surface area contributed by atoms with E-state index in [1.54, 1.807) is 6.07 Å². The molecule has 0 saturated carbocycles. The van der Waals surface area contributed by atoms with Gasteiger partial charge in [-0.3, -0.25) is 0 Å². The van der Waals surface area contributed by atoms with Gasteiger partial charge in [0.2, 0.25) is 6.79 Å². The van der Waals surface area contributed by atoms with Gasteiger partial charge in [-0.25, -0.2) is 4.98 Å². The van der Waals surface area contributed by atoms with Gasteiger partial charge < -0.3 is 19.6 Å². The largest absolute Gasteiger partial charge is 0.454 e. The lowest BCUT2D eigenvalue weighted by atomic mass is 10.1. The van der Waals surface area contributed by atoms with Crippen molar-refractivity contribution in [3.8, 4) is 22.8 Å². The van der Waals surface area contributed by atoms with Crippen LogP contribution in [-0.2, 0) is 0 Å². The zero-order valence-electron chi connectivity index (χ0n) is 10.3. The lowest BCUT2D eigenvalue weighted by molar-refractivity contribution is 0.174. The molecule has 3 heterocycles. The summed E-state index contributed by atoms with van der Waals surface area (Å²) < 4.78 is 12.5. The van der Waals surface area contributed by atoms with Gasteiger partial charge in [0.1, 0.15) is 0 Å². The van der Waals surface area contributed by atoms with Crippen LogP contribution in [0.1, 0.15) is 0 Å². The number of imidazole rings is 1. The van der Waals surface area contributed by atoms with Gasteiger partial charge >= 0.3 is 0 Å². The fourth-order valence-corrected chi connectivity index (χ4v) is 2.38. The van der Waals surface area contributed by atoms with Crippen molar-refractivity contribution >= 4 is 22.9 Å². The summed E-state index contributed by atoms with van der Waals surface area (Å²) in [5.74, 6) is 1.48. The molecule has 6 heteroatoms. The molecule has 0 saturated heterocycles. The molecule has 3 aromatic rings. The third kappa shape index (κ3) is 1.60. The minimum Gasteiger partial charge on any atom is -0.454 e. The smallest absolute Gasteiger partial charge is 0.231 e. The van der Waals surface area contributed by atoms with Crippen molar-refractivity contribution in [3.63, 3.8) is 0 Å². The molecule has 5 nitrogen and oxygen atoms in total. The fraction of sp³-hybridized carbons (Fsp3) is 0.0714. The Kier molecular flexibility index (Phi) is 2.31. The first-order valence-corrected chi connectivity index (χ1v) is 6.43. The Morgan fingerprint density at radius 2 is 2.05 bits per heavy atom. The summed E-state index contributed by atoms with van der Waals surface area (Å²) in [6.45, 7) is 0.256.